The van der Waals surface area contributed by atoms with Crippen molar-refractivity contribution >= 4 is 11.9 Å². The van der Waals surface area contributed by atoms with Crippen molar-refractivity contribution in [1.29, 1.82) is 0 Å². The van der Waals surface area contributed by atoms with Crippen LogP contribution in [-0.2, 0) is 6.18 Å². The van der Waals surface area contributed by atoms with Gasteiger partial charge in [-0.2, -0.15) is 18.3 Å². The number of alkyl halides is 3. The summed E-state index contributed by atoms with van der Waals surface area (Å²) in [6.07, 6.45) is -4.02. The van der Waals surface area contributed by atoms with Gasteiger partial charge in [0.2, 0.25) is 0 Å². The highest BCUT2D eigenvalue weighted by Gasteiger charge is 2.40. The van der Waals surface area contributed by atoms with Crippen molar-refractivity contribution in [2.75, 3.05) is 7.05 Å². The lowest BCUT2D eigenvalue weighted by atomic mass is 10.2. The number of nitrogens with zero attached hydrogens (tertiary/aromatic N) is 2. The first kappa shape index (κ1) is 17.3. The molecule has 1 aromatic heterocycles. The predicted octanol–water partition coefficient (Wildman–Crippen LogP) is 1.77. The van der Waals surface area contributed by atoms with E-state index in [1.807, 2.05) is 10.9 Å². The minimum absolute atomic E-state index is 0.159. The summed E-state index contributed by atoms with van der Waals surface area (Å²) < 4.78 is 40.8. The maximum atomic E-state index is 13.4. The van der Waals surface area contributed by atoms with Crippen molar-refractivity contribution in [3.8, 4) is 5.69 Å². The van der Waals surface area contributed by atoms with E-state index in [4.69, 9.17) is 0 Å². The molecule has 3 amide bonds. The van der Waals surface area contributed by atoms with Crippen LogP contribution in [0, 0.1) is 6.92 Å². The Morgan fingerprint density at radius 1 is 1.12 bits per heavy atom. The number of carbonyl (C=O) groups is 2. The molecule has 128 valence electrons. The van der Waals surface area contributed by atoms with E-state index in [0.717, 1.165) is 11.8 Å². The molecule has 1 heterocycles. The van der Waals surface area contributed by atoms with E-state index in [2.05, 4.69) is 10.4 Å². The number of hydrogen-bond acceptors (Lipinski definition) is 3. The molecule has 1 aromatic carbocycles. The molecule has 0 unspecified atom stereocenters. The molecule has 0 bridgehead atoms. The normalized spacial score (nSPS) is 11.0. The average Bonchev–Trinajstić information content (AvgIpc) is 2.98. The third kappa shape index (κ3) is 3.65. The van der Waals surface area contributed by atoms with E-state index in [-0.39, 0.29) is 5.69 Å². The molecule has 0 saturated heterocycles. The second kappa shape index (κ2) is 6.60. The lowest BCUT2D eigenvalue weighted by Gasteiger charge is -2.13. The zero-order chi connectivity index (χ0) is 17.9. The third-order valence-electron chi connectivity index (χ3n) is 3.08. The molecule has 3 N–H and O–H groups in total. The number of halogens is 3. The molecule has 0 aliphatic heterocycles. The van der Waals surface area contributed by atoms with Crippen molar-refractivity contribution < 1.29 is 22.8 Å². The highest BCUT2D eigenvalue weighted by Crippen LogP contribution is 2.33. The molecule has 0 fully saturated rings. The number of carbonyl (C=O) groups excluding carboxylic acids is 2. The largest absolute Gasteiger partial charge is 0.434 e. The maximum Gasteiger partial charge on any atom is 0.434 e. The number of benzene rings is 1. The Morgan fingerprint density at radius 2 is 1.75 bits per heavy atom. The fourth-order valence-corrected chi connectivity index (χ4v) is 1.91. The molecule has 10 heteroatoms. The topological polar surface area (TPSA) is 88.1 Å². The van der Waals surface area contributed by atoms with Crippen molar-refractivity contribution in [3.63, 3.8) is 0 Å². The minimum Gasteiger partial charge on any atom is -0.340 e. The fourth-order valence-electron chi connectivity index (χ4n) is 1.91. The van der Waals surface area contributed by atoms with E-state index in [1.54, 1.807) is 19.1 Å². The van der Waals surface area contributed by atoms with Crippen LogP contribution in [0.1, 0.15) is 21.6 Å². The summed E-state index contributed by atoms with van der Waals surface area (Å²) in [6.45, 7) is 1.79. The Morgan fingerprint density at radius 3 is 2.29 bits per heavy atom. The number of hydrogen-bond donors (Lipinski definition) is 3. The summed E-state index contributed by atoms with van der Waals surface area (Å²) in [4.78, 5) is 22.9. The van der Waals surface area contributed by atoms with Gasteiger partial charge in [-0.25, -0.2) is 14.9 Å². The lowest BCUT2D eigenvalue weighted by Crippen LogP contribution is -2.46. The highest BCUT2D eigenvalue weighted by molar-refractivity contribution is 5.96. The van der Waals surface area contributed by atoms with E-state index in [9.17, 15) is 22.8 Å². The zero-order valence-corrected chi connectivity index (χ0v) is 12.7. The van der Waals surface area contributed by atoms with Gasteiger partial charge in [0, 0.05) is 7.05 Å². The standard InChI is InChI=1S/C14H14F3N5O2/c1-8-3-5-9(6-4-8)22-11(14(15,16)17)10(7-19-22)12(23)20-21-13(24)18-2/h3-7H,1-2H3,(H,20,23)(H2,18,21,24). The molecule has 2 aromatic rings. The van der Waals surface area contributed by atoms with Crippen molar-refractivity contribution in [1.82, 2.24) is 25.9 Å². The zero-order valence-electron chi connectivity index (χ0n) is 12.7. The molecule has 2 rings (SSSR count). The number of nitrogens with one attached hydrogen (secondary N) is 3. The number of amides is 3. The van der Waals surface area contributed by atoms with Crippen LogP contribution in [-0.4, -0.2) is 28.8 Å². The van der Waals surface area contributed by atoms with Crippen LogP contribution in [0.2, 0.25) is 0 Å². The molecule has 0 spiro atoms. The SMILES string of the molecule is CNC(=O)NNC(=O)c1cnn(-c2ccc(C)cc2)c1C(F)(F)F. The smallest absolute Gasteiger partial charge is 0.340 e. The molecule has 24 heavy (non-hydrogen) atoms. The average molecular weight is 341 g/mol. The Bertz CT molecular complexity index is 753. The van der Waals surface area contributed by atoms with Gasteiger partial charge in [0.15, 0.2) is 5.69 Å². The van der Waals surface area contributed by atoms with Crippen molar-refractivity contribution in [2.24, 2.45) is 0 Å². The van der Waals surface area contributed by atoms with Crippen LogP contribution in [0.4, 0.5) is 18.0 Å². The highest BCUT2D eigenvalue weighted by atomic mass is 19.4. The van der Waals surface area contributed by atoms with E-state index < -0.39 is 29.4 Å². The fraction of sp³-hybridized carbons (Fsp3) is 0.214. The summed E-state index contributed by atoms with van der Waals surface area (Å²) >= 11 is 0. The Balaban J connectivity index is 2.41. The van der Waals surface area contributed by atoms with Crippen LogP contribution in [0.15, 0.2) is 30.5 Å². The molecule has 7 nitrogen and oxygen atoms in total. The summed E-state index contributed by atoms with van der Waals surface area (Å²) in [5.74, 6) is -1.13. The number of hydrazine groups is 1. The first-order valence-corrected chi connectivity index (χ1v) is 6.74. The van der Waals surface area contributed by atoms with Gasteiger partial charge < -0.3 is 5.32 Å². The summed E-state index contributed by atoms with van der Waals surface area (Å²) in [5.41, 5.74) is 2.88. The molecular formula is C14H14F3N5O2. The Labute approximate surface area is 134 Å². The number of urea groups is 1. The lowest BCUT2D eigenvalue weighted by molar-refractivity contribution is -0.143. The maximum absolute atomic E-state index is 13.4. The molecule has 0 aliphatic rings. The van der Waals surface area contributed by atoms with Crippen LogP contribution in [0.25, 0.3) is 5.69 Å². The van der Waals surface area contributed by atoms with E-state index in [0.29, 0.717) is 4.68 Å². The molecular weight excluding hydrogens is 327 g/mol. The summed E-state index contributed by atoms with van der Waals surface area (Å²) in [5, 5.41) is 5.80. The molecule has 0 aliphatic carbocycles. The molecule has 0 radical (unpaired) electrons. The van der Waals surface area contributed by atoms with Crippen LogP contribution in [0.5, 0.6) is 0 Å². The first-order valence-electron chi connectivity index (χ1n) is 6.74. The van der Waals surface area contributed by atoms with Gasteiger partial charge >= 0.3 is 12.2 Å². The summed E-state index contributed by atoms with van der Waals surface area (Å²) in [7, 11) is 1.29. The van der Waals surface area contributed by atoms with Crippen LogP contribution < -0.4 is 16.2 Å². The van der Waals surface area contributed by atoms with Gasteiger partial charge in [0.05, 0.1) is 17.4 Å². The second-order valence-corrected chi connectivity index (χ2v) is 4.81. The van der Waals surface area contributed by atoms with Crippen molar-refractivity contribution in [2.45, 2.75) is 13.1 Å². The quantitative estimate of drug-likeness (QED) is 0.728. The number of aryl methyl sites for hydroxylation is 1. The number of aromatic nitrogens is 2. The Hall–Kier alpha value is -3.04. The monoisotopic (exact) mass is 341 g/mol. The first-order chi connectivity index (χ1) is 11.2. The molecule has 0 atom stereocenters. The van der Waals surface area contributed by atoms with Gasteiger partial charge in [0.25, 0.3) is 5.91 Å². The Kier molecular flexibility index (Phi) is 4.77. The van der Waals surface area contributed by atoms with Crippen LogP contribution in [0.3, 0.4) is 0 Å². The number of rotatable bonds is 2. The third-order valence-corrected chi connectivity index (χ3v) is 3.08. The second-order valence-electron chi connectivity index (χ2n) is 4.81. The van der Waals surface area contributed by atoms with E-state index >= 15 is 0 Å². The van der Waals surface area contributed by atoms with Gasteiger partial charge in [-0.15, -0.1) is 0 Å². The van der Waals surface area contributed by atoms with Gasteiger partial charge in [-0.1, -0.05) is 17.7 Å². The van der Waals surface area contributed by atoms with Gasteiger partial charge in [-0.3, -0.25) is 10.2 Å². The molecule has 0 saturated carbocycles. The predicted molar refractivity (Wildman–Crippen MR) is 78.4 cm³/mol. The van der Waals surface area contributed by atoms with Crippen LogP contribution >= 0.6 is 0 Å². The van der Waals surface area contributed by atoms with Gasteiger partial charge in [0.1, 0.15) is 0 Å². The van der Waals surface area contributed by atoms with Crippen molar-refractivity contribution in [3.05, 3.63) is 47.3 Å². The minimum atomic E-state index is -4.82. The summed E-state index contributed by atoms with van der Waals surface area (Å²) in [6, 6.07) is 5.40. The van der Waals surface area contributed by atoms with Gasteiger partial charge in [-0.05, 0) is 19.1 Å². The van der Waals surface area contributed by atoms with E-state index in [1.165, 1.54) is 19.2 Å².